The molecule has 0 spiro atoms. The van der Waals surface area contributed by atoms with Crippen LogP contribution in [-0.2, 0) is 4.74 Å². The number of carbonyl (C=O) groups excluding carboxylic acids is 1. The minimum absolute atomic E-state index is 0.0959. The van der Waals surface area contributed by atoms with Crippen LogP contribution in [0.5, 0.6) is 0 Å². The number of amides is 1. The lowest BCUT2D eigenvalue weighted by Gasteiger charge is -2.12. The molecule has 2 N–H and O–H groups in total. The number of hydrogen-bond acceptors (Lipinski definition) is 5. The molecule has 0 aliphatic carbocycles. The molecule has 7 heteroatoms. The number of rotatable bonds is 5. The lowest BCUT2D eigenvalue weighted by Crippen LogP contribution is -2.32. The van der Waals surface area contributed by atoms with E-state index >= 15 is 0 Å². The number of anilines is 2. The highest BCUT2D eigenvalue weighted by Crippen LogP contribution is 2.23. The molecule has 1 aromatic heterocycles. The molecule has 1 fully saturated rings. The van der Waals surface area contributed by atoms with Crippen molar-refractivity contribution < 1.29 is 9.53 Å². The first-order valence-electron chi connectivity index (χ1n) is 8.30. The number of nitrogens with one attached hydrogen (secondary N) is 2. The van der Waals surface area contributed by atoms with Crippen LogP contribution in [0, 0.1) is 13.8 Å². The zero-order valence-electron chi connectivity index (χ0n) is 14.3. The Hall–Kier alpha value is -2.18. The summed E-state index contributed by atoms with van der Waals surface area (Å²) in [6, 6.07) is 7.21. The maximum Gasteiger partial charge on any atom is 0.270 e. The van der Waals surface area contributed by atoms with Gasteiger partial charge in [0.2, 0.25) is 5.95 Å². The minimum Gasteiger partial charge on any atom is -0.376 e. The molecule has 1 aromatic carbocycles. The molecule has 1 unspecified atom stereocenters. The quantitative estimate of drug-likeness (QED) is 0.854. The number of aromatic nitrogens is 2. The number of aryl methyl sites for hydroxylation is 2. The summed E-state index contributed by atoms with van der Waals surface area (Å²) in [5.74, 6) is 0.138. The smallest absolute Gasteiger partial charge is 0.270 e. The van der Waals surface area contributed by atoms with Gasteiger partial charge < -0.3 is 15.4 Å². The van der Waals surface area contributed by atoms with Crippen molar-refractivity contribution in [2.24, 2.45) is 0 Å². The van der Waals surface area contributed by atoms with Gasteiger partial charge in [-0.2, -0.15) is 0 Å². The second-order valence-electron chi connectivity index (χ2n) is 6.15. The molecule has 2 aromatic rings. The van der Waals surface area contributed by atoms with Gasteiger partial charge >= 0.3 is 0 Å². The fourth-order valence-electron chi connectivity index (χ4n) is 2.69. The largest absolute Gasteiger partial charge is 0.376 e. The normalized spacial score (nSPS) is 16.7. The van der Waals surface area contributed by atoms with Gasteiger partial charge in [-0.3, -0.25) is 4.79 Å². The van der Waals surface area contributed by atoms with Crippen LogP contribution in [-0.4, -0.2) is 35.1 Å². The molecule has 25 heavy (non-hydrogen) atoms. The molecule has 1 atom stereocenters. The topological polar surface area (TPSA) is 76.1 Å². The molecule has 132 valence electrons. The molecule has 1 aliphatic rings. The zero-order chi connectivity index (χ0) is 17.8. The Morgan fingerprint density at radius 1 is 1.32 bits per heavy atom. The number of halogens is 1. The molecule has 0 radical (unpaired) electrons. The van der Waals surface area contributed by atoms with E-state index in [0.29, 0.717) is 28.9 Å². The lowest BCUT2D eigenvalue weighted by molar-refractivity contribution is 0.0853. The molecule has 1 amide bonds. The fraction of sp³-hybridized carbons (Fsp3) is 0.389. The van der Waals surface area contributed by atoms with Crippen molar-refractivity contribution in [3.63, 3.8) is 0 Å². The van der Waals surface area contributed by atoms with Gasteiger partial charge in [0, 0.05) is 29.6 Å². The first-order valence-corrected chi connectivity index (χ1v) is 8.68. The maximum atomic E-state index is 12.4. The molecule has 0 bridgehead atoms. The third-order valence-corrected chi connectivity index (χ3v) is 4.28. The van der Waals surface area contributed by atoms with Crippen molar-refractivity contribution in [1.29, 1.82) is 0 Å². The van der Waals surface area contributed by atoms with Crippen molar-refractivity contribution in [2.75, 3.05) is 18.5 Å². The summed E-state index contributed by atoms with van der Waals surface area (Å²) in [7, 11) is 0. The third-order valence-electron chi connectivity index (χ3n) is 4.05. The number of nitrogens with zero attached hydrogens (tertiary/aromatic N) is 2. The molecule has 6 nitrogen and oxygen atoms in total. The summed E-state index contributed by atoms with van der Waals surface area (Å²) < 4.78 is 5.52. The van der Waals surface area contributed by atoms with Gasteiger partial charge in [-0.05, 0) is 50.5 Å². The number of carbonyl (C=O) groups is 1. The maximum absolute atomic E-state index is 12.4. The summed E-state index contributed by atoms with van der Waals surface area (Å²) in [6.07, 6.45) is 2.11. The predicted molar refractivity (Wildman–Crippen MR) is 97.5 cm³/mol. The van der Waals surface area contributed by atoms with Crippen LogP contribution in [0.1, 0.15) is 34.6 Å². The predicted octanol–water partition coefficient (Wildman–Crippen LogP) is 3.40. The molecule has 0 saturated carbocycles. The highest BCUT2D eigenvalue weighted by Gasteiger charge is 2.18. The highest BCUT2D eigenvalue weighted by molar-refractivity contribution is 6.30. The molecular weight excluding hydrogens is 340 g/mol. The number of benzene rings is 1. The lowest BCUT2D eigenvalue weighted by atomic mass is 10.2. The highest BCUT2D eigenvalue weighted by atomic mass is 35.5. The standard InChI is InChI=1S/C18H21ClN4O2/c1-11-5-6-13(19)9-15(11)22-18-21-12(2)8-16(23-18)17(24)20-10-14-4-3-7-25-14/h5-6,8-9,14H,3-4,7,10H2,1-2H3,(H,20,24)(H,21,22,23). The third kappa shape index (κ3) is 4.67. The second-order valence-corrected chi connectivity index (χ2v) is 6.58. The Bertz CT molecular complexity index is 776. The summed E-state index contributed by atoms with van der Waals surface area (Å²) in [6.45, 7) is 5.05. The van der Waals surface area contributed by atoms with E-state index in [1.54, 1.807) is 12.1 Å². The van der Waals surface area contributed by atoms with Crippen LogP contribution in [0.3, 0.4) is 0 Å². The van der Waals surface area contributed by atoms with Gasteiger partial charge in [0.15, 0.2) is 0 Å². The van der Waals surface area contributed by atoms with Crippen LogP contribution < -0.4 is 10.6 Å². The first kappa shape index (κ1) is 17.6. The van der Waals surface area contributed by atoms with Gasteiger partial charge in [-0.25, -0.2) is 9.97 Å². The zero-order valence-corrected chi connectivity index (χ0v) is 15.1. The average Bonchev–Trinajstić information content (AvgIpc) is 3.09. The van der Waals surface area contributed by atoms with Gasteiger partial charge in [0.25, 0.3) is 5.91 Å². The number of hydrogen-bond donors (Lipinski definition) is 2. The molecule has 2 heterocycles. The van der Waals surface area contributed by atoms with Gasteiger partial charge in [-0.1, -0.05) is 17.7 Å². The van der Waals surface area contributed by atoms with E-state index in [-0.39, 0.29) is 12.0 Å². The Kier molecular flexibility index (Phi) is 5.50. The Morgan fingerprint density at radius 2 is 2.16 bits per heavy atom. The molecule has 3 rings (SSSR count). The summed E-state index contributed by atoms with van der Waals surface area (Å²) in [5.41, 5.74) is 2.86. The average molecular weight is 361 g/mol. The van der Waals surface area contributed by atoms with Crippen LogP contribution in [0.4, 0.5) is 11.6 Å². The van der Waals surface area contributed by atoms with E-state index in [0.717, 1.165) is 30.7 Å². The van der Waals surface area contributed by atoms with Crippen LogP contribution in [0.15, 0.2) is 24.3 Å². The fourth-order valence-corrected chi connectivity index (χ4v) is 2.86. The van der Waals surface area contributed by atoms with E-state index in [4.69, 9.17) is 16.3 Å². The molecule has 1 aliphatic heterocycles. The molecule has 1 saturated heterocycles. The second kappa shape index (κ2) is 7.80. The van der Waals surface area contributed by atoms with Crippen molar-refractivity contribution in [2.45, 2.75) is 32.8 Å². The van der Waals surface area contributed by atoms with E-state index in [1.165, 1.54) is 0 Å². The van der Waals surface area contributed by atoms with Gasteiger partial charge in [-0.15, -0.1) is 0 Å². The van der Waals surface area contributed by atoms with E-state index in [1.807, 2.05) is 26.0 Å². The van der Waals surface area contributed by atoms with Crippen molar-refractivity contribution in [3.8, 4) is 0 Å². The van der Waals surface area contributed by atoms with E-state index < -0.39 is 0 Å². The van der Waals surface area contributed by atoms with E-state index in [9.17, 15) is 4.79 Å². The Labute approximate surface area is 152 Å². The van der Waals surface area contributed by atoms with Crippen molar-refractivity contribution in [1.82, 2.24) is 15.3 Å². The number of ether oxygens (including phenoxy) is 1. The van der Waals surface area contributed by atoms with Gasteiger partial charge in [0.1, 0.15) is 5.69 Å². The minimum atomic E-state index is -0.230. The summed E-state index contributed by atoms with van der Waals surface area (Å²) in [5, 5.41) is 6.63. The van der Waals surface area contributed by atoms with Crippen molar-refractivity contribution >= 4 is 29.1 Å². The van der Waals surface area contributed by atoms with Gasteiger partial charge in [0.05, 0.1) is 6.10 Å². The Morgan fingerprint density at radius 3 is 2.92 bits per heavy atom. The van der Waals surface area contributed by atoms with Crippen LogP contribution in [0.25, 0.3) is 0 Å². The summed E-state index contributed by atoms with van der Waals surface area (Å²) >= 11 is 6.04. The SMILES string of the molecule is Cc1cc(C(=O)NCC2CCCO2)nc(Nc2cc(Cl)ccc2C)n1. The van der Waals surface area contributed by atoms with E-state index in [2.05, 4.69) is 20.6 Å². The Balaban J connectivity index is 1.73. The van der Waals surface area contributed by atoms with Crippen LogP contribution in [0.2, 0.25) is 5.02 Å². The van der Waals surface area contributed by atoms with Crippen LogP contribution >= 0.6 is 11.6 Å². The monoisotopic (exact) mass is 360 g/mol. The van der Waals surface area contributed by atoms with Crippen molar-refractivity contribution in [3.05, 3.63) is 46.2 Å². The summed E-state index contributed by atoms with van der Waals surface area (Å²) in [4.78, 5) is 21.1. The first-order chi connectivity index (χ1) is 12.0. The molecular formula is C18H21ClN4O2.